The third-order valence-corrected chi connectivity index (χ3v) is 4.39. The second-order valence-corrected chi connectivity index (χ2v) is 6.31. The zero-order chi connectivity index (χ0) is 18.1. The number of aliphatic hydroxyl groups excluding tert-OH is 1. The topological polar surface area (TPSA) is 41.9 Å². The van der Waals surface area contributed by atoms with Gasteiger partial charge in [0.2, 0.25) is 0 Å². The normalized spacial score (nSPS) is 13.5. The van der Waals surface area contributed by atoms with Gasteiger partial charge in [-0.25, -0.2) is 0 Å². The van der Waals surface area contributed by atoms with Crippen LogP contribution < -0.4 is 9.47 Å². The Morgan fingerprint density at radius 2 is 1.68 bits per heavy atom. The SMILES string of the molecule is CC[C@@H](C)N(Cc1ccc(OC)cc1)C[C@H](O)COc1ccccc1. The maximum absolute atomic E-state index is 10.4. The molecule has 0 aromatic heterocycles. The molecule has 0 aliphatic heterocycles. The first-order chi connectivity index (χ1) is 12.1. The van der Waals surface area contributed by atoms with Gasteiger partial charge >= 0.3 is 0 Å². The lowest BCUT2D eigenvalue weighted by Gasteiger charge is -2.30. The van der Waals surface area contributed by atoms with E-state index in [1.165, 1.54) is 5.56 Å². The van der Waals surface area contributed by atoms with Crippen molar-refractivity contribution >= 4 is 0 Å². The summed E-state index contributed by atoms with van der Waals surface area (Å²) in [5.74, 6) is 1.64. The molecule has 0 aliphatic rings. The van der Waals surface area contributed by atoms with Gasteiger partial charge in [-0.1, -0.05) is 37.3 Å². The Hall–Kier alpha value is -2.04. The monoisotopic (exact) mass is 343 g/mol. The minimum absolute atomic E-state index is 0.291. The second kappa shape index (κ2) is 10.1. The van der Waals surface area contributed by atoms with Crippen LogP contribution in [0, 0.1) is 0 Å². The van der Waals surface area contributed by atoms with E-state index < -0.39 is 6.10 Å². The Bertz CT molecular complexity index is 600. The van der Waals surface area contributed by atoms with Crippen molar-refractivity contribution in [3.63, 3.8) is 0 Å². The van der Waals surface area contributed by atoms with Crippen LogP contribution >= 0.6 is 0 Å². The molecule has 4 nitrogen and oxygen atoms in total. The van der Waals surface area contributed by atoms with Gasteiger partial charge in [0.15, 0.2) is 0 Å². The van der Waals surface area contributed by atoms with Crippen molar-refractivity contribution in [2.45, 2.75) is 39.0 Å². The molecular weight excluding hydrogens is 314 g/mol. The Morgan fingerprint density at radius 3 is 2.28 bits per heavy atom. The third kappa shape index (κ3) is 6.40. The smallest absolute Gasteiger partial charge is 0.119 e. The number of nitrogens with zero attached hydrogens (tertiary/aromatic N) is 1. The fourth-order valence-electron chi connectivity index (χ4n) is 2.66. The summed E-state index contributed by atoms with van der Waals surface area (Å²) in [5.41, 5.74) is 1.21. The van der Waals surface area contributed by atoms with Gasteiger partial charge in [-0.15, -0.1) is 0 Å². The van der Waals surface area contributed by atoms with Crippen molar-refractivity contribution in [3.05, 3.63) is 60.2 Å². The first-order valence-corrected chi connectivity index (χ1v) is 8.85. The van der Waals surface area contributed by atoms with Gasteiger partial charge < -0.3 is 14.6 Å². The van der Waals surface area contributed by atoms with Gasteiger partial charge in [0.25, 0.3) is 0 Å². The van der Waals surface area contributed by atoms with E-state index in [0.29, 0.717) is 19.2 Å². The van der Waals surface area contributed by atoms with Crippen LogP contribution in [0.2, 0.25) is 0 Å². The van der Waals surface area contributed by atoms with E-state index >= 15 is 0 Å². The number of methoxy groups -OCH3 is 1. The second-order valence-electron chi connectivity index (χ2n) is 6.31. The van der Waals surface area contributed by atoms with Crippen molar-refractivity contribution in [1.29, 1.82) is 0 Å². The molecule has 25 heavy (non-hydrogen) atoms. The molecule has 1 N–H and O–H groups in total. The van der Waals surface area contributed by atoms with Gasteiger partial charge in [-0.05, 0) is 43.2 Å². The summed E-state index contributed by atoms with van der Waals surface area (Å²) in [6.45, 7) is 6.02. The van der Waals surface area contributed by atoms with Crippen LogP contribution in [-0.4, -0.2) is 42.4 Å². The summed E-state index contributed by atoms with van der Waals surface area (Å²) >= 11 is 0. The number of hydrogen-bond donors (Lipinski definition) is 1. The van der Waals surface area contributed by atoms with E-state index in [1.807, 2.05) is 42.5 Å². The summed E-state index contributed by atoms with van der Waals surface area (Å²) in [7, 11) is 1.67. The molecule has 2 rings (SSSR count). The number of para-hydroxylation sites is 1. The number of ether oxygens (including phenoxy) is 2. The summed E-state index contributed by atoms with van der Waals surface area (Å²) < 4.78 is 10.9. The van der Waals surface area contributed by atoms with Crippen molar-refractivity contribution in [3.8, 4) is 11.5 Å². The average molecular weight is 343 g/mol. The maximum atomic E-state index is 10.4. The van der Waals surface area contributed by atoms with Crippen molar-refractivity contribution < 1.29 is 14.6 Å². The van der Waals surface area contributed by atoms with E-state index in [2.05, 4.69) is 30.9 Å². The highest BCUT2D eigenvalue weighted by Gasteiger charge is 2.17. The Labute approximate surface area is 151 Å². The first-order valence-electron chi connectivity index (χ1n) is 8.85. The van der Waals surface area contributed by atoms with E-state index in [4.69, 9.17) is 9.47 Å². The molecule has 0 heterocycles. The number of aliphatic hydroxyl groups is 1. The molecule has 0 bridgehead atoms. The van der Waals surface area contributed by atoms with Gasteiger partial charge in [-0.2, -0.15) is 0 Å². The van der Waals surface area contributed by atoms with Crippen LogP contribution in [0.3, 0.4) is 0 Å². The molecule has 0 unspecified atom stereocenters. The van der Waals surface area contributed by atoms with Crippen LogP contribution in [0.15, 0.2) is 54.6 Å². The van der Waals surface area contributed by atoms with Gasteiger partial charge in [-0.3, -0.25) is 4.90 Å². The Kier molecular flexibility index (Phi) is 7.76. The lowest BCUT2D eigenvalue weighted by Crippen LogP contribution is -2.40. The minimum Gasteiger partial charge on any atom is -0.497 e. The lowest BCUT2D eigenvalue weighted by atomic mass is 10.1. The summed E-state index contributed by atoms with van der Waals surface area (Å²) in [4.78, 5) is 2.29. The molecule has 2 aromatic rings. The quantitative estimate of drug-likeness (QED) is 0.714. The first kappa shape index (κ1) is 19.3. The summed E-state index contributed by atoms with van der Waals surface area (Å²) in [5, 5.41) is 10.4. The van der Waals surface area contributed by atoms with Gasteiger partial charge in [0.05, 0.1) is 7.11 Å². The summed E-state index contributed by atoms with van der Waals surface area (Å²) in [6, 6.07) is 18.1. The lowest BCUT2D eigenvalue weighted by molar-refractivity contribution is 0.0506. The van der Waals surface area contributed by atoms with E-state index in [0.717, 1.165) is 24.5 Å². The highest BCUT2D eigenvalue weighted by molar-refractivity contribution is 5.27. The fourth-order valence-corrected chi connectivity index (χ4v) is 2.66. The highest BCUT2D eigenvalue weighted by atomic mass is 16.5. The van der Waals surface area contributed by atoms with Crippen LogP contribution in [0.4, 0.5) is 0 Å². The van der Waals surface area contributed by atoms with E-state index in [1.54, 1.807) is 7.11 Å². The van der Waals surface area contributed by atoms with Crippen molar-refractivity contribution in [2.24, 2.45) is 0 Å². The molecule has 2 aromatic carbocycles. The molecule has 0 radical (unpaired) electrons. The molecule has 0 aliphatic carbocycles. The molecule has 2 atom stereocenters. The Balaban J connectivity index is 1.91. The minimum atomic E-state index is -0.535. The number of hydrogen-bond acceptors (Lipinski definition) is 4. The van der Waals surface area contributed by atoms with Gasteiger partial charge in [0.1, 0.15) is 24.2 Å². The van der Waals surface area contributed by atoms with E-state index in [9.17, 15) is 5.11 Å². The largest absolute Gasteiger partial charge is 0.497 e. The molecule has 4 heteroatoms. The predicted molar refractivity (Wildman–Crippen MR) is 101 cm³/mol. The molecule has 0 spiro atoms. The Morgan fingerprint density at radius 1 is 1.00 bits per heavy atom. The van der Waals surface area contributed by atoms with Gasteiger partial charge in [0, 0.05) is 19.1 Å². The van der Waals surface area contributed by atoms with Crippen LogP contribution in [0.25, 0.3) is 0 Å². The molecule has 0 amide bonds. The zero-order valence-corrected chi connectivity index (χ0v) is 15.4. The fraction of sp³-hybridized carbons (Fsp3) is 0.429. The maximum Gasteiger partial charge on any atom is 0.119 e. The standard InChI is InChI=1S/C21H29NO3/c1-4-17(2)22(14-18-10-12-20(24-3)13-11-18)15-19(23)16-25-21-8-6-5-7-9-21/h5-13,17,19,23H,4,14-16H2,1-3H3/t17-,19+/m1/s1. The molecule has 0 saturated carbocycles. The van der Waals surface area contributed by atoms with Crippen LogP contribution in [-0.2, 0) is 6.54 Å². The van der Waals surface area contributed by atoms with Crippen LogP contribution in [0.1, 0.15) is 25.8 Å². The summed E-state index contributed by atoms with van der Waals surface area (Å²) in [6.07, 6.45) is 0.495. The zero-order valence-electron chi connectivity index (χ0n) is 15.4. The van der Waals surface area contributed by atoms with Crippen molar-refractivity contribution in [2.75, 3.05) is 20.3 Å². The van der Waals surface area contributed by atoms with E-state index in [-0.39, 0.29) is 0 Å². The molecule has 136 valence electrons. The average Bonchev–Trinajstić information content (AvgIpc) is 2.66. The number of benzene rings is 2. The predicted octanol–water partition coefficient (Wildman–Crippen LogP) is 3.74. The molecule has 0 fully saturated rings. The molecule has 0 saturated heterocycles. The van der Waals surface area contributed by atoms with Crippen LogP contribution in [0.5, 0.6) is 11.5 Å². The highest BCUT2D eigenvalue weighted by Crippen LogP contribution is 2.16. The molecular formula is C21H29NO3. The third-order valence-electron chi connectivity index (χ3n) is 4.39. The number of rotatable bonds is 10. The van der Waals surface area contributed by atoms with Crippen molar-refractivity contribution in [1.82, 2.24) is 4.90 Å².